The minimum Gasteiger partial charge on any atom is -0.497 e. The molecule has 4 aromatic rings. The molecule has 10 heteroatoms. The number of hydrogen-bond donors (Lipinski definition) is 1. The van der Waals surface area contributed by atoms with E-state index in [1.54, 1.807) is 44.4 Å². The van der Waals surface area contributed by atoms with Gasteiger partial charge in [-0.25, -0.2) is 9.78 Å². The van der Waals surface area contributed by atoms with Gasteiger partial charge < -0.3 is 18.6 Å². The monoisotopic (exact) mass is 550 g/mol. The number of esters is 1. The van der Waals surface area contributed by atoms with Gasteiger partial charge in [-0.3, -0.25) is 14.9 Å². The molecule has 0 aliphatic carbocycles. The second-order valence-corrected chi connectivity index (χ2v) is 10.5. The highest BCUT2D eigenvalue weighted by molar-refractivity contribution is 7.17. The number of aromatic nitrogens is 1. The van der Waals surface area contributed by atoms with Crippen LogP contribution in [0.2, 0.25) is 0 Å². The maximum atomic E-state index is 13.6. The van der Waals surface area contributed by atoms with E-state index in [-0.39, 0.29) is 34.6 Å². The minimum atomic E-state index is -0.550. The first-order chi connectivity index (χ1) is 18.6. The van der Waals surface area contributed by atoms with Gasteiger partial charge in [-0.15, -0.1) is 0 Å². The quantitative estimate of drug-likeness (QED) is 0.265. The number of methoxy groups -OCH3 is 1. The SMILES string of the molecule is COc1ccc(-c2oc3c(C)cc(C)cc3c(=O)c2OCC(=O)Nc2nc(C)c(C(=O)OCC(C)C)s2)cc1. The molecule has 0 atom stereocenters. The average molecular weight is 551 g/mol. The topological polar surface area (TPSA) is 117 Å². The maximum absolute atomic E-state index is 13.6. The number of hydrogen-bond acceptors (Lipinski definition) is 9. The lowest BCUT2D eigenvalue weighted by Gasteiger charge is -2.13. The predicted molar refractivity (Wildman–Crippen MR) is 150 cm³/mol. The molecule has 0 unspecified atom stereocenters. The van der Waals surface area contributed by atoms with Gasteiger partial charge in [0.2, 0.25) is 11.2 Å². The van der Waals surface area contributed by atoms with Crippen molar-refractivity contribution in [2.75, 3.05) is 25.6 Å². The van der Waals surface area contributed by atoms with E-state index in [1.165, 1.54) is 0 Å². The third-order valence-electron chi connectivity index (χ3n) is 5.76. The van der Waals surface area contributed by atoms with Crippen molar-refractivity contribution in [1.29, 1.82) is 0 Å². The van der Waals surface area contributed by atoms with Crippen molar-refractivity contribution in [3.05, 3.63) is 68.3 Å². The van der Waals surface area contributed by atoms with Gasteiger partial charge in [0.1, 0.15) is 16.2 Å². The van der Waals surface area contributed by atoms with E-state index in [1.807, 2.05) is 33.8 Å². The third-order valence-corrected chi connectivity index (χ3v) is 6.81. The molecule has 0 saturated heterocycles. The molecule has 39 heavy (non-hydrogen) atoms. The molecular weight excluding hydrogens is 520 g/mol. The van der Waals surface area contributed by atoms with Gasteiger partial charge in [0, 0.05) is 5.56 Å². The summed E-state index contributed by atoms with van der Waals surface area (Å²) in [7, 11) is 1.56. The lowest BCUT2D eigenvalue weighted by Crippen LogP contribution is -2.22. The number of aryl methyl sites for hydroxylation is 3. The highest BCUT2D eigenvalue weighted by atomic mass is 32.1. The summed E-state index contributed by atoms with van der Waals surface area (Å²) in [5.41, 5.74) is 2.81. The standard InChI is InChI=1S/C29H30N2O7S/c1-15(2)13-37-28(34)27-18(5)30-29(39-27)31-22(32)14-36-26-23(33)21-12-16(3)11-17(4)24(21)38-25(26)19-7-9-20(35-6)10-8-19/h7-12,15H,13-14H2,1-6H3,(H,30,31,32). The molecule has 2 heterocycles. The normalized spacial score (nSPS) is 11.1. The molecule has 0 radical (unpaired) electrons. The Bertz CT molecular complexity index is 1590. The summed E-state index contributed by atoms with van der Waals surface area (Å²) in [6, 6.07) is 10.6. The maximum Gasteiger partial charge on any atom is 0.350 e. The number of thiazole rings is 1. The van der Waals surface area contributed by atoms with Crippen molar-refractivity contribution in [2.24, 2.45) is 5.92 Å². The summed E-state index contributed by atoms with van der Waals surface area (Å²) in [5, 5.41) is 3.22. The highest BCUT2D eigenvalue weighted by Crippen LogP contribution is 2.33. The van der Waals surface area contributed by atoms with Crippen LogP contribution in [-0.4, -0.2) is 37.2 Å². The van der Waals surface area contributed by atoms with E-state index >= 15 is 0 Å². The van der Waals surface area contributed by atoms with Crippen molar-refractivity contribution in [2.45, 2.75) is 34.6 Å². The molecule has 0 saturated carbocycles. The van der Waals surface area contributed by atoms with Crippen LogP contribution in [0.1, 0.15) is 40.3 Å². The van der Waals surface area contributed by atoms with E-state index in [0.717, 1.165) is 22.5 Å². The third kappa shape index (κ3) is 6.28. The van der Waals surface area contributed by atoms with Crippen molar-refractivity contribution in [3.8, 4) is 22.8 Å². The molecule has 2 aromatic heterocycles. The molecule has 0 aliphatic rings. The highest BCUT2D eigenvalue weighted by Gasteiger charge is 2.22. The number of anilines is 1. The second-order valence-electron chi connectivity index (χ2n) is 9.54. The number of nitrogens with one attached hydrogen (secondary N) is 1. The van der Waals surface area contributed by atoms with E-state index in [2.05, 4.69) is 10.3 Å². The molecule has 0 aliphatic heterocycles. The number of fused-ring (bicyclic) bond motifs is 1. The summed E-state index contributed by atoms with van der Waals surface area (Å²) in [6.07, 6.45) is 0. The Hall–Kier alpha value is -4.18. The van der Waals surface area contributed by atoms with Gasteiger partial charge in [-0.2, -0.15) is 0 Å². The second kappa shape index (κ2) is 11.7. The van der Waals surface area contributed by atoms with Crippen molar-refractivity contribution < 1.29 is 28.2 Å². The zero-order valence-electron chi connectivity index (χ0n) is 22.7. The molecule has 1 N–H and O–H groups in total. The summed E-state index contributed by atoms with van der Waals surface area (Å²) in [6.45, 7) is 9.12. The Kier molecular flexibility index (Phi) is 8.35. The Morgan fingerprint density at radius 1 is 1.10 bits per heavy atom. The first kappa shape index (κ1) is 27.8. The first-order valence-corrected chi connectivity index (χ1v) is 13.2. The largest absolute Gasteiger partial charge is 0.497 e. The lowest BCUT2D eigenvalue weighted by molar-refractivity contribution is -0.118. The van der Waals surface area contributed by atoms with Gasteiger partial charge in [-0.1, -0.05) is 31.3 Å². The van der Waals surface area contributed by atoms with Crippen LogP contribution in [0.3, 0.4) is 0 Å². The molecule has 4 rings (SSSR count). The number of carbonyl (C=O) groups is 2. The Morgan fingerprint density at radius 3 is 2.49 bits per heavy atom. The molecule has 0 fully saturated rings. The molecule has 204 valence electrons. The van der Waals surface area contributed by atoms with Crippen molar-refractivity contribution >= 4 is 39.3 Å². The molecule has 0 spiro atoms. The van der Waals surface area contributed by atoms with Gasteiger partial charge >= 0.3 is 5.97 Å². The molecule has 2 aromatic carbocycles. The summed E-state index contributed by atoms with van der Waals surface area (Å²) < 4.78 is 22.5. The van der Waals surface area contributed by atoms with Gasteiger partial charge in [-0.05, 0) is 68.1 Å². The fraction of sp³-hybridized carbons (Fsp3) is 0.310. The zero-order valence-corrected chi connectivity index (χ0v) is 23.5. The number of nitrogens with zero attached hydrogens (tertiary/aromatic N) is 1. The first-order valence-electron chi connectivity index (χ1n) is 12.4. The predicted octanol–water partition coefficient (Wildman–Crippen LogP) is 5.68. The average Bonchev–Trinajstić information content (AvgIpc) is 3.26. The van der Waals surface area contributed by atoms with Crippen LogP contribution in [0.4, 0.5) is 5.13 Å². The van der Waals surface area contributed by atoms with E-state index < -0.39 is 18.5 Å². The summed E-state index contributed by atoms with van der Waals surface area (Å²) in [4.78, 5) is 43.2. The summed E-state index contributed by atoms with van der Waals surface area (Å²) >= 11 is 1.02. The van der Waals surface area contributed by atoms with Gasteiger partial charge in [0.15, 0.2) is 17.5 Å². The molecular formula is C29H30N2O7S. The van der Waals surface area contributed by atoms with Crippen LogP contribution in [0.15, 0.2) is 45.6 Å². The Labute approximate surface area is 229 Å². The van der Waals surface area contributed by atoms with Crippen LogP contribution >= 0.6 is 11.3 Å². The number of ether oxygens (including phenoxy) is 3. The molecule has 9 nitrogen and oxygen atoms in total. The van der Waals surface area contributed by atoms with E-state index in [9.17, 15) is 14.4 Å². The van der Waals surface area contributed by atoms with Crippen LogP contribution < -0.4 is 20.2 Å². The van der Waals surface area contributed by atoms with Gasteiger partial charge in [0.05, 0.1) is 24.8 Å². The smallest absolute Gasteiger partial charge is 0.350 e. The number of rotatable bonds is 9. The fourth-order valence-corrected chi connectivity index (χ4v) is 4.81. The Morgan fingerprint density at radius 2 is 1.82 bits per heavy atom. The number of amides is 1. The van der Waals surface area contributed by atoms with Crippen LogP contribution in [0.25, 0.3) is 22.3 Å². The van der Waals surface area contributed by atoms with Crippen LogP contribution in [-0.2, 0) is 9.53 Å². The van der Waals surface area contributed by atoms with Crippen molar-refractivity contribution in [3.63, 3.8) is 0 Å². The van der Waals surface area contributed by atoms with Crippen LogP contribution in [0, 0.1) is 26.7 Å². The van der Waals surface area contributed by atoms with E-state index in [4.69, 9.17) is 18.6 Å². The molecule has 1 amide bonds. The lowest BCUT2D eigenvalue weighted by atomic mass is 10.1. The minimum absolute atomic E-state index is 0.0823. The van der Waals surface area contributed by atoms with E-state index in [0.29, 0.717) is 32.9 Å². The number of carbonyl (C=O) groups excluding carboxylic acids is 2. The number of benzene rings is 2. The van der Waals surface area contributed by atoms with Crippen LogP contribution in [0.5, 0.6) is 11.5 Å². The van der Waals surface area contributed by atoms with Gasteiger partial charge in [0.25, 0.3) is 5.91 Å². The Balaban J connectivity index is 1.60. The fourth-order valence-electron chi connectivity index (χ4n) is 3.94. The zero-order chi connectivity index (χ0) is 28.3. The summed E-state index contributed by atoms with van der Waals surface area (Å²) in [5.74, 6) is -0.0784. The molecule has 0 bridgehead atoms. The van der Waals surface area contributed by atoms with Crippen molar-refractivity contribution in [1.82, 2.24) is 4.98 Å².